The Bertz CT molecular complexity index is 628. The third-order valence-electron chi connectivity index (χ3n) is 4.22. The summed E-state index contributed by atoms with van der Waals surface area (Å²) < 4.78 is 5.52. The maximum Gasteiger partial charge on any atom is 0.226 e. The molecule has 1 atom stereocenters. The summed E-state index contributed by atoms with van der Waals surface area (Å²) in [5, 5.41) is 2.15. The van der Waals surface area contributed by atoms with Crippen molar-refractivity contribution in [1.82, 2.24) is 14.9 Å². The topological polar surface area (TPSA) is 44.7 Å². The van der Waals surface area contributed by atoms with Crippen LogP contribution in [0.1, 0.15) is 10.9 Å². The van der Waals surface area contributed by atoms with Gasteiger partial charge in [-0.25, -0.2) is 4.98 Å². The fraction of sp³-hybridized carbons (Fsp3) is 0.529. The van der Waals surface area contributed by atoms with E-state index in [9.17, 15) is 0 Å². The Morgan fingerprint density at radius 1 is 1.25 bits per heavy atom. The molecule has 0 saturated carbocycles. The molecule has 130 valence electrons. The minimum absolute atomic E-state index is 0.358. The minimum atomic E-state index is 0.358. The molecule has 3 heterocycles. The summed E-state index contributed by atoms with van der Waals surface area (Å²) in [4.78, 5) is 17.0. The highest BCUT2D eigenvalue weighted by molar-refractivity contribution is 7.10. The predicted octanol–water partition coefficient (Wildman–Crippen LogP) is 2.11. The molecule has 1 fully saturated rings. The minimum Gasteiger partial charge on any atom is -0.379 e. The maximum absolute atomic E-state index is 5.52. The van der Waals surface area contributed by atoms with Crippen LogP contribution in [0, 0.1) is 0 Å². The van der Waals surface area contributed by atoms with Crippen molar-refractivity contribution in [2.45, 2.75) is 6.04 Å². The average molecular weight is 347 g/mol. The molecule has 0 unspecified atom stereocenters. The highest BCUT2D eigenvalue weighted by Gasteiger charge is 2.25. The molecule has 0 aromatic carbocycles. The van der Waals surface area contributed by atoms with Crippen LogP contribution in [0.4, 0.5) is 11.8 Å². The van der Waals surface area contributed by atoms with Gasteiger partial charge in [-0.05, 0) is 17.5 Å². The summed E-state index contributed by atoms with van der Waals surface area (Å²) in [7, 11) is 6.02. The molecule has 0 bridgehead atoms. The van der Waals surface area contributed by atoms with Gasteiger partial charge in [-0.3, -0.25) is 4.90 Å². The Hall–Kier alpha value is -1.70. The summed E-state index contributed by atoms with van der Waals surface area (Å²) in [5.41, 5.74) is 0. The van der Waals surface area contributed by atoms with Crippen LogP contribution in [0.2, 0.25) is 0 Å². The molecule has 0 radical (unpaired) electrons. The monoisotopic (exact) mass is 347 g/mol. The van der Waals surface area contributed by atoms with Crippen molar-refractivity contribution in [3.05, 3.63) is 34.7 Å². The van der Waals surface area contributed by atoms with E-state index in [2.05, 4.69) is 44.3 Å². The number of likely N-dealkylation sites (N-methyl/N-ethyl adjacent to an activating group) is 1. The quantitative estimate of drug-likeness (QED) is 0.797. The molecule has 0 amide bonds. The van der Waals surface area contributed by atoms with Gasteiger partial charge in [0.2, 0.25) is 5.95 Å². The summed E-state index contributed by atoms with van der Waals surface area (Å²) in [6, 6.07) is 6.68. The van der Waals surface area contributed by atoms with E-state index in [0.717, 1.165) is 44.6 Å². The zero-order chi connectivity index (χ0) is 16.9. The molecule has 3 rings (SSSR count). The lowest BCUT2D eigenvalue weighted by Crippen LogP contribution is -2.43. The van der Waals surface area contributed by atoms with Gasteiger partial charge in [0.1, 0.15) is 5.82 Å². The SMILES string of the molecule is CN(C)c1nccc(N(C)C[C@H](c2cccs2)N2CCOCC2)n1. The first kappa shape index (κ1) is 17.1. The standard InChI is InChI=1S/C17H25N5OS/c1-20(2)17-18-7-6-16(19-17)21(3)13-14(15-5-4-12-24-15)22-8-10-23-11-9-22/h4-7,12,14H,8-11,13H2,1-3H3/t14-/m1/s1. The molecular formula is C17H25N5OS. The molecule has 0 N–H and O–H groups in total. The van der Waals surface area contributed by atoms with E-state index in [1.54, 1.807) is 0 Å². The van der Waals surface area contributed by atoms with E-state index < -0.39 is 0 Å². The first-order chi connectivity index (χ1) is 11.6. The smallest absolute Gasteiger partial charge is 0.226 e. The number of rotatable bonds is 6. The summed E-state index contributed by atoms with van der Waals surface area (Å²) in [6.45, 7) is 4.46. The van der Waals surface area contributed by atoms with Crippen LogP contribution < -0.4 is 9.80 Å². The summed E-state index contributed by atoms with van der Waals surface area (Å²) in [5.74, 6) is 1.68. The van der Waals surface area contributed by atoms with Crippen LogP contribution in [0.15, 0.2) is 29.8 Å². The highest BCUT2D eigenvalue weighted by atomic mass is 32.1. The van der Waals surface area contributed by atoms with Crippen molar-refractivity contribution in [1.29, 1.82) is 0 Å². The van der Waals surface area contributed by atoms with Crippen molar-refractivity contribution in [3.63, 3.8) is 0 Å². The van der Waals surface area contributed by atoms with E-state index in [1.165, 1.54) is 4.88 Å². The van der Waals surface area contributed by atoms with Crippen LogP contribution in [0.25, 0.3) is 0 Å². The fourth-order valence-corrected chi connectivity index (χ4v) is 3.73. The van der Waals surface area contributed by atoms with Gasteiger partial charge >= 0.3 is 0 Å². The lowest BCUT2D eigenvalue weighted by Gasteiger charge is -2.36. The molecule has 2 aromatic heterocycles. The Kier molecular flexibility index (Phi) is 5.65. The highest BCUT2D eigenvalue weighted by Crippen LogP contribution is 2.28. The van der Waals surface area contributed by atoms with Gasteiger partial charge in [0, 0.05) is 51.9 Å². The van der Waals surface area contributed by atoms with Crippen molar-refractivity contribution < 1.29 is 4.74 Å². The number of nitrogens with zero attached hydrogens (tertiary/aromatic N) is 5. The van der Waals surface area contributed by atoms with Gasteiger partial charge in [0.15, 0.2) is 0 Å². The molecule has 0 spiro atoms. The lowest BCUT2D eigenvalue weighted by molar-refractivity contribution is 0.0183. The molecular weight excluding hydrogens is 322 g/mol. The number of hydrogen-bond donors (Lipinski definition) is 0. The average Bonchev–Trinajstić information content (AvgIpc) is 3.14. The molecule has 7 heteroatoms. The second kappa shape index (κ2) is 7.92. The number of anilines is 2. The Morgan fingerprint density at radius 3 is 2.71 bits per heavy atom. The van der Waals surface area contributed by atoms with Crippen molar-refractivity contribution in [3.8, 4) is 0 Å². The zero-order valence-electron chi connectivity index (χ0n) is 14.6. The molecule has 24 heavy (non-hydrogen) atoms. The number of morpholine rings is 1. The van der Waals surface area contributed by atoms with Gasteiger partial charge in [-0.15, -0.1) is 11.3 Å². The third kappa shape index (κ3) is 4.03. The van der Waals surface area contributed by atoms with E-state index in [1.807, 2.05) is 42.6 Å². The largest absolute Gasteiger partial charge is 0.379 e. The van der Waals surface area contributed by atoms with Crippen LogP contribution in [-0.2, 0) is 4.74 Å². The first-order valence-electron chi connectivity index (χ1n) is 8.22. The van der Waals surface area contributed by atoms with E-state index in [0.29, 0.717) is 6.04 Å². The van der Waals surface area contributed by atoms with Crippen LogP contribution in [0.5, 0.6) is 0 Å². The van der Waals surface area contributed by atoms with E-state index >= 15 is 0 Å². The maximum atomic E-state index is 5.52. The predicted molar refractivity (Wildman–Crippen MR) is 99.1 cm³/mol. The molecule has 0 aliphatic carbocycles. The molecule has 1 aliphatic rings. The second-order valence-electron chi connectivity index (χ2n) is 6.17. The molecule has 6 nitrogen and oxygen atoms in total. The summed E-state index contributed by atoms with van der Waals surface area (Å²) >= 11 is 1.82. The van der Waals surface area contributed by atoms with Gasteiger partial charge in [-0.2, -0.15) is 4.98 Å². The Labute approximate surface area is 147 Å². The van der Waals surface area contributed by atoms with E-state index in [4.69, 9.17) is 4.74 Å². The van der Waals surface area contributed by atoms with E-state index in [-0.39, 0.29) is 0 Å². The number of aromatic nitrogens is 2. The van der Waals surface area contributed by atoms with Gasteiger partial charge in [0.05, 0.1) is 19.3 Å². The number of hydrogen-bond acceptors (Lipinski definition) is 7. The van der Waals surface area contributed by atoms with Crippen molar-refractivity contribution in [2.75, 3.05) is 63.8 Å². The second-order valence-corrected chi connectivity index (χ2v) is 7.15. The van der Waals surface area contributed by atoms with Crippen LogP contribution >= 0.6 is 11.3 Å². The normalized spacial score (nSPS) is 16.8. The van der Waals surface area contributed by atoms with Crippen LogP contribution in [-0.4, -0.2) is 68.9 Å². The van der Waals surface area contributed by atoms with Gasteiger partial charge < -0.3 is 14.5 Å². The number of thiophene rings is 1. The lowest BCUT2D eigenvalue weighted by atomic mass is 10.1. The third-order valence-corrected chi connectivity index (χ3v) is 5.20. The van der Waals surface area contributed by atoms with Gasteiger partial charge in [-0.1, -0.05) is 6.07 Å². The Balaban J connectivity index is 1.77. The molecule has 1 aliphatic heterocycles. The molecule has 1 saturated heterocycles. The molecule has 2 aromatic rings. The number of ether oxygens (including phenoxy) is 1. The Morgan fingerprint density at radius 2 is 2.04 bits per heavy atom. The first-order valence-corrected chi connectivity index (χ1v) is 9.10. The van der Waals surface area contributed by atoms with Crippen molar-refractivity contribution in [2.24, 2.45) is 0 Å². The fourth-order valence-electron chi connectivity index (χ4n) is 2.88. The van der Waals surface area contributed by atoms with Crippen LogP contribution in [0.3, 0.4) is 0 Å². The van der Waals surface area contributed by atoms with Crippen molar-refractivity contribution >= 4 is 23.1 Å². The summed E-state index contributed by atoms with van der Waals surface area (Å²) in [6.07, 6.45) is 1.82. The zero-order valence-corrected chi connectivity index (χ0v) is 15.4. The van der Waals surface area contributed by atoms with Gasteiger partial charge in [0.25, 0.3) is 0 Å².